The summed E-state index contributed by atoms with van der Waals surface area (Å²) in [5, 5.41) is 10.6. The summed E-state index contributed by atoms with van der Waals surface area (Å²) in [6, 6.07) is 16.4. The third kappa shape index (κ3) is 4.73. The van der Waals surface area contributed by atoms with Crippen LogP contribution in [0.2, 0.25) is 0 Å². The lowest BCUT2D eigenvalue weighted by atomic mass is 9.87. The number of carbonyl (C=O) groups excluding carboxylic acids is 1. The molecular formula is C26H31N5O2. The van der Waals surface area contributed by atoms with Crippen molar-refractivity contribution in [2.45, 2.75) is 37.8 Å². The van der Waals surface area contributed by atoms with Gasteiger partial charge < -0.3 is 25.6 Å². The van der Waals surface area contributed by atoms with E-state index in [0.29, 0.717) is 0 Å². The van der Waals surface area contributed by atoms with Crippen molar-refractivity contribution in [2.75, 3.05) is 37.9 Å². The number of methoxy groups -OCH3 is 1. The van der Waals surface area contributed by atoms with Crippen LogP contribution in [0.5, 0.6) is 5.75 Å². The van der Waals surface area contributed by atoms with E-state index in [1.54, 1.807) is 7.11 Å². The lowest BCUT2D eigenvalue weighted by molar-refractivity contribution is 0.248. The number of urea groups is 1. The molecule has 3 aromatic rings. The molecule has 0 spiro atoms. The van der Waals surface area contributed by atoms with Crippen molar-refractivity contribution in [3.8, 4) is 5.75 Å². The van der Waals surface area contributed by atoms with E-state index >= 15 is 0 Å². The highest BCUT2D eigenvalue weighted by Gasteiger charge is 2.24. The van der Waals surface area contributed by atoms with E-state index in [9.17, 15) is 4.79 Å². The molecule has 1 aliphatic carbocycles. The first-order chi connectivity index (χ1) is 16.1. The van der Waals surface area contributed by atoms with Crippen LogP contribution >= 0.6 is 0 Å². The van der Waals surface area contributed by atoms with Gasteiger partial charge in [0.1, 0.15) is 11.6 Å². The summed E-state index contributed by atoms with van der Waals surface area (Å²) in [4.78, 5) is 19.4. The Bertz CT molecular complexity index is 1150. The SMILES string of the molecule is COc1cccc2c1C(Nc1ccc3cc(NC(=O)NC4CCN(C)C4)ccc3n1)CCC2. The average Bonchev–Trinajstić information content (AvgIpc) is 3.23. The number of aryl methyl sites for hydroxylation is 1. The topological polar surface area (TPSA) is 78.5 Å². The molecule has 1 aromatic heterocycles. The second-order valence-electron chi connectivity index (χ2n) is 9.07. The molecule has 1 saturated heterocycles. The molecule has 0 saturated carbocycles. The molecule has 2 aromatic carbocycles. The Balaban J connectivity index is 1.29. The number of fused-ring (bicyclic) bond motifs is 2. The summed E-state index contributed by atoms with van der Waals surface area (Å²) in [6.07, 6.45) is 4.25. The maximum atomic E-state index is 12.4. The second kappa shape index (κ2) is 9.27. The van der Waals surface area contributed by atoms with Gasteiger partial charge in [-0.1, -0.05) is 12.1 Å². The fourth-order valence-electron chi connectivity index (χ4n) is 5.03. The van der Waals surface area contributed by atoms with Crippen molar-refractivity contribution in [2.24, 2.45) is 0 Å². The highest BCUT2D eigenvalue weighted by atomic mass is 16.5. The summed E-state index contributed by atoms with van der Waals surface area (Å²) in [7, 11) is 3.80. The van der Waals surface area contributed by atoms with E-state index in [0.717, 1.165) is 66.9 Å². The van der Waals surface area contributed by atoms with Crippen molar-refractivity contribution in [3.05, 3.63) is 59.7 Å². The monoisotopic (exact) mass is 445 g/mol. The number of rotatable bonds is 5. The van der Waals surface area contributed by atoms with Crippen LogP contribution in [0.15, 0.2) is 48.5 Å². The molecule has 2 heterocycles. The zero-order valence-corrected chi connectivity index (χ0v) is 19.2. The van der Waals surface area contributed by atoms with Crippen molar-refractivity contribution in [3.63, 3.8) is 0 Å². The van der Waals surface area contributed by atoms with Crippen LogP contribution in [-0.2, 0) is 6.42 Å². The van der Waals surface area contributed by atoms with Crippen molar-refractivity contribution >= 4 is 28.4 Å². The van der Waals surface area contributed by atoms with Gasteiger partial charge in [0.15, 0.2) is 0 Å². The minimum atomic E-state index is -0.161. The third-order valence-electron chi connectivity index (χ3n) is 6.66. The van der Waals surface area contributed by atoms with Gasteiger partial charge in [0.2, 0.25) is 0 Å². The normalized spacial score (nSPS) is 20.3. The Morgan fingerprint density at radius 2 is 2.06 bits per heavy atom. The number of likely N-dealkylation sites (tertiary alicyclic amines) is 1. The Hall–Kier alpha value is -3.32. The summed E-state index contributed by atoms with van der Waals surface area (Å²) in [5.41, 5.74) is 4.24. The van der Waals surface area contributed by atoms with Gasteiger partial charge in [0.25, 0.3) is 0 Å². The number of aromatic nitrogens is 1. The molecule has 2 amide bonds. The minimum absolute atomic E-state index is 0.161. The molecule has 5 rings (SSSR count). The molecule has 172 valence electrons. The molecule has 2 unspecified atom stereocenters. The molecule has 0 radical (unpaired) electrons. The van der Waals surface area contributed by atoms with Gasteiger partial charge in [-0.05, 0) is 81.2 Å². The molecule has 0 bridgehead atoms. The van der Waals surface area contributed by atoms with Gasteiger partial charge in [-0.3, -0.25) is 0 Å². The van der Waals surface area contributed by atoms with Crippen LogP contribution < -0.4 is 20.7 Å². The summed E-state index contributed by atoms with van der Waals surface area (Å²) < 4.78 is 5.64. The largest absolute Gasteiger partial charge is 0.496 e. The second-order valence-corrected chi connectivity index (χ2v) is 9.07. The van der Waals surface area contributed by atoms with Crippen molar-refractivity contribution in [1.82, 2.24) is 15.2 Å². The maximum absolute atomic E-state index is 12.4. The molecule has 33 heavy (non-hydrogen) atoms. The Kier molecular flexibility index (Phi) is 6.05. The van der Waals surface area contributed by atoms with Crippen LogP contribution in [0, 0.1) is 0 Å². The number of ether oxygens (including phenoxy) is 1. The number of benzene rings is 2. The Morgan fingerprint density at radius 1 is 1.15 bits per heavy atom. The summed E-state index contributed by atoms with van der Waals surface area (Å²) in [6.45, 7) is 1.91. The van der Waals surface area contributed by atoms with Crippen molar-refractivity contribution in [1.29, 1.82) is 0 Å². The first-order valence-corrected chi connectivity index (χ1v) is 11.7. The van der Waals surface area contributed by atoms with E-state index < -0.39 is 0 Å². The van der Waals surface area contributed by atoms with Crippen molar-refractivity contribution < 1.29 is 9.53 Å². The molecule has 3 N–H and O–H groups in total. The maximum Gasteiger partial charge on any atom is 0.319 e. The van der Waals surface area contributed by atoms with Gasteiger partial charge in [0.05, 0.1) is 18.7 Å². The molecule has 7 heteroatoms. The van der Waals surface area contributed by atoms with E-state index in [4.69, 9.17) is 9.72 Å². The number of likely N-dealkylation sites (N-methyl/N-ethyl adjacent to an activating group) is 1. The zero-order valence-electron chi connectivity index (χ0n) is 19.2. The number of nitrogens with zero attached hydrogens (tertiary/aromatic N) is 2. The zero-order chi connectivity index (χ0) is 22.8. The minimum Gasteiger partial charge on any atom is -0.496 e. The molecule has 2 aliphatic rings. The molecule has 2 atom stereocenters. The first-order valence-electron chi connectivity index (χ1n) is 11.7. The van der Waals surface area contributed by atoms with Gasteiger partial charge >= 0.3 is 6.03 Å². The van der Waals surface area contributed by atoms with E-state index in [1.807, 2.05) is 36.4 Å². The quantitative estimate of drug-likeness (QED) is 0.537. The highest BCUT2D eigenvalue weighted by Crippen LogP contribution is 2.38. The summed E-state index contributed by atoms with van der Waals surface area (Å²) in [5.74, 6) is 1.78. The molecule has 1 fully saturated rings. The Morgan fingerprint density at radius 3 is 2.88 bits per heavy atom. The number of pyridine rings is 1. The highest BCUT2D eigenvalue weighted by molar-refractivity contribution is 5.93. The van der Waals surface area contributed by atoms with Gasteiger partial charge in [-0.15, -0.1) is 0 Å². The molecule has 7 nitrogen and oxygen atoms in total. The predicted molar refractivity (Wildman–Crippen MR) is 132 cm³/mol. The number of hydrogen-bond donors (Lipinski definition) is 3. The number of hydrogen-bond acceptors (Lipinski definition) is 5. The van der Waals surface area contributed by atoms with Gasteiger partial charge in [-0.2, -0.15) is 0 Å². The van der Waals surface area contributed by atoms with E-state index in [-0.39, 0.29) is 18.1 Å². The van der Waals surface area contributed by atoms with Crippen LogP contribution in [0.1, 0.15) is 36.4 Å². The lowest BCUT2D eigenvalue weighted by Gasteiger charge is -2.28. The average molecular weight is 446 g/mol. The number of nitrogens with one attached hydrogen (secondary N) is 3. The molecule has 1 aliphatic heterocycles. The first kappa shape index (κ1) is 21.5. The van der Waals surface area contributed by atoms with Crippen LogP contribution in [0.25, 0.3) is 10.9 Å². The fourth-order valence-corrected chi connectivity index (χ4v) is 5.03. The lowest BCUT2D eigenvalue weighted by Crippen LogP contribution is -2.39. The van der Waals surface area contributed by atoms with Gasteiger partial charge in [-0.25, -0.2) is 9.78 Å². The van der Waals surface area contributed by atoms with E-state index in [1.165, 1.54) is 11.1 Å². The van der Waals surface area contributed by atoms with Crippen LogP contribution in [0.3, 0.4) is 0 Å². The standard InChI is InChI=1S/C26H31N5O2/c1-31-14-13-20(16-31)28-26(32)27-19-10-11-21-18(15-19)9-12-24(29-21)30-22-7-3-5-17-6-4-8-23(33-2)25(17)22/h4,6,8-12,15,20,22H,3,5,7,13-14,16H2,1-2H3,(H,29,30)(H2,27,28,32). The predicted octanol–water partition coefficient (Wildman–Crippen LogP) is 4.56. The fraction of sp³-hybridized carbons (Fsp3) is 0.385. The third-order valence-corrected chi connectivity index (χ3v) is 6.66. The molecular weight excluding hydrogens is 414 g/mol. The van der Waals surface area contributed by atoms with E-state index in [2.05, 4.69) is 40.0 Å². The van der Waals surface area contributed by atoms with Crippen LogP contribution in [0.4, 0.5) is 16.3 Å². The summed E-state index contributed by atoms with van der Waals surface area (Å²) >= 11 is 0. The smallest absolute Gasteiger partial charge is 0.319 e. The number of carbonyl (C=O) groups is 1. The van der Waals surface area contributed by atoms with Crippen LogP contribution in [-0.4, -0.2) is 49.2 Å². The Labute approximate surface area is 194 Å². The number of anilines is 2. The van der Waals surface area contributed by atoms with Gasteiger partial charge in [0, 0.05) is 29.2 Å². The number of amides is 2.